The number of hydrogen-bond acceptors (Lipinski definition) is 7. The van der Waals surface area contributed by atoms with Crippen molar-refractivity contribution in [3.63, 3.8) is 0 Å². The molecule has 0 aliphatic carbocycles. The zero-order valence-electron chi connectivity index (χ0n) is 24.6. The smallest absolute Gasteiger partial charge is 0.264 e. The maximum absolute atomic E-state index is 14.1. The fourth-order valence-electron chi connectivity index (χ4n) is 4.42. The molecule has 4 rings (SSSR count). The van der Waals surface area contributed by atoms with Crippen LogP contribution in [0.2, 0.25) is 0 Å². The highest BCUT2D eigenvalue weighted by Crippen LogP contribution is 2.34. The Morgan fingerprint density at radius 3 is 2.26 bits per heavy atom. The van der Waals surface area contributed by atoms with E-state index in [9.17, 15) is 22.4 Å². The molecular weight excluding hydrogens is 577 g/mol. The lowest BCUT2D eigenvalue weighted by molar-refractivity contribution is -0.139. The molecule has 3 aromatic carbocycles. The standard InChI is InChI=1S/C31H36FN3O7S/c1-5-21(2)33-31(37)22(3)34(19-23-6-12-26(40-4)13-7-23)30(36)20-35(25-10-8-24(32)9-11-25)43(38,39)27-14-15-28-29(18-27)42-17-16-41-28/h6-15,18,21-22H,5,16-17,19-20H2,1-4H3,(H,33,37)/t21-,22+/m0/s1. The third-order valence-corrected chi connectivity index (χ3v) is 8.95. The second kappa shape index (κ2) is 13.8. The second-order valence-corrected chi connectivity index (χ2v) is 12.0. The monoisotopic (exact) mass is 613 g/mol. The van der Waals surface area contributed by atoms with E-state index in [-0.39, 0.29) is 41.4 Å². The van der Waals surface area contributed by atoms with E-state index in [0.717, 1.165) is 16.4 Å². The quantitative estimate of drug-likeness (QED) is 0.327. The van der Waals surface area contributed by atoms with Crippen LogP contribution in [0, 0.1) is 5.82 Å². The van der Waals surface area contributed by atoms with Crippen molar-refractivity contribution in [3.05, 3.63) is 78.1 Å². The Morgan fingerprint density at radius 1 is 0.977 bits per heavy atom. The molecule has 0 bridgehead atoms. The first kappa shape index (κ1) is 31.6. The van der Waals surface area contributed by atoms with E-state index in [1.54, 1.807) is 38.3 Å². The predicted octanol–water partition coefficient (Wildman–Crippen LogP) is 4.13. The highest BCUT2D eigenvalue weighted by molar-refractivity contribution is 7.92. The number of carbonyl (C=O) groups is 2. The van der Waals surface area contributed by atoms with E-state index in [0.29, 0.717) is 30.1 Å². The van der Waals surface area contributed by atoms with Gasteiger partial charge in [-0.2, -0.15) is 0 Å². The van der Waals surface area contributed by atoms with Gasteiger partial charge in [0.05, 0.1) is 17.7 Å². The maximum Gasteiger partial charge on any atom is 0.264 e. The lowest BCUT2D eigenvalue weighted by Crippen LogP contribution is -2.52. The molecular formula is C31H36FN3O7S. The molecule has 0 aromatic heterocycles. The molecule has 0 saturated heterocycles. The minimum atomic E-state index is -4.37. The fourth-order valence-corrected chi connectivity index (χ4v) is 5.85. The molecule has 1 heterocycles. The van der Waals surface area contributed by atoms with Crippen LogP contribution in [-0.4, -0.2) is 64.1 Å². The van der Waals surface area contributed by atoms with Crippen LogP contribution in [0.5, 0.6) is 17.2 Å². The minimum Gasteiger partial charge on any atom is -0.497 e. The van der Waals surface area contributed by atoms with Crippen molar-refractivity contribution in [2.24, 2.45) is 0 Å². The van der Waals surface area contributed by atoms with Gasteiger partial charge in [-0.1, -0.05) is 19.1 Å². The van der Waals surface area contributed by atoms with E-state index >= 15 is 0 Å². The molecule has 2 amide bonds. The highest BCUT2D eigenvalue weighted by Gasteiger charge is 2.33. The predicted molar refractivity (Wildman–Crippen MR) is 159 cm³/mol. The van der Waals surface area contributed by atoms with Crippen LogP contribution in [0.1, 0.15) is 32.8 Å². The SMILES string of the molecule is CC[C@H](C)NC(=O)[C@@H](C)N(Cc1ccc(OC)cc1)C(=O)CN(c1ccc(F)cc1)S(=O)(=O)c1ccc2c(c1)OCCO2. The Morgan fingerprint density at radius 2 is 1.63 bits per heavy atom. The average molecular weight is 614 g/mol. The molecule has 0 radical (unpaired) electrons. The summed E-state index contributed by atoms with van der Waals surface area (Å²) in [6.45, 7) is 5.35. The van der Waals surface area contributed by atoms with Crippen molar-refractivity contribution < 1.29 is 36.6 Å². The van der Waals surface area contributed by atoms with Gasteiger partial charge in [-0.15, -0.1) is 0 Å². The number of amides is 2. The van der Waals surface area contributed by atoms with Gasteiger partial charge in [0.2, 0.25) is 11.8 Å². The first-order valence-corrected chi connectivity index (χ1v) is 15.4. The third-order valence-electron chi connectivity index (χ3n) is 7.18. The minimum absolute atomic E-state index is 0.0270. The van der Waals surface area contributed by atoms with Crippen molar-refractivity contribution >= 4 is 27.5 Å². The summed E-state index contributed by atoms with van der Waals surface area (Å²) in [7, 11) is -2.83. The average Bonchev–Trinajstić information content (AvgIpc) is 3.02. The van der Waals surface area contributed by atoms with Gasteiger partial charge in [-0.3, -0.25) is 13.9 Å². The van der Waals surface area contributed by atoms with Crippen LogP contribution in [0.25, 0.3) is 0 Å². The molecule has 1 aliphatic heterocycles. The summed E-state index contributed by atoms with van der Waals surface area (Å²) in [6, 6.07) is 14.9. The Kier molecular flexibility index (Phi) is 10.1. The molecule has 0 saturated carbocycles. The van der Waals surface area contributed by atoms with Crippen LogP contribution < -0.4 is 23.8 Å². The number of nitrogens with zero attached hydrogens (tertiary/aromatic N) is 2. The molecule has 3 aromatic rings. The Balaban J connectivity index is 1.71. The molecule has 230 valence electrons. The van der Waals surface area contributed by atoms with Gasteiger partial charge in [0.1, 0.15) is 37.4 Å². The van der Waals surface area contributed by atoms with Crippen LogP contribution in [-0.2, 0) is 26.2 Å². The number of ether oxygens (including phenoxy) is 3. The van der Waals surface area contributed by atoms with Crippen molar-refractivity contribution in [1.29, 1.82) is 0 Å². The van der Waals surface area contributed by atoms with Gasteiger partial charge in [-0.05, 0) is 74.4 Å². The number of nitrogens with one attached hydrogen (secondary N) is 1. The molecule has 12 heteroatoms. The van der Waals surface area contributed by atoms with E-state index < -0.39 is 34.3 Å². The van der Waals surface area contributed by atoms with Crippen molar-refractivity contribution in [2.75, 3.05) is 31.2 Å². The topological polar surface area (TPSA) is 114 Å². The third kappa shape index (κ3) is 7.56. The summed E-state index contributed by atoms with van der Waals surface area (Å²) in [5.41, 5.74) is 0.783. The molecule has 1 aliphatic rings. The number of carbonyl (C=O) groups excluding carboxylic acids is 2. The van der Waals surface area contributed by atoms with Crippen molar-refractivity contribution in [1.82, 2.24) is 10.2 Å². The van der Waals surface area contributed by atoms with E-state index in [1.807, 2.05) is 13.8 Å². The molecule has 0 spiro atoms. The van der Waals surface area contributed by atoms with Gasteiger partial charge in [0, 0.05) is 18.7 Å². The zero-order chi connectivity index (χ0) is 31.1. The van der Waals surface area contributed by atoms with Crippen molar-refractivity contribution in [3.8, 4) is 17.2 Å². The summed E-state index contributed by atoms with van der Waals surface area (Å²) in [4.78, 5) is 28.4. The summed E-state index contributed by atoms with van der Waals surface area (Å²) < 4.78 is 59.2. The maximum atomic E-state index is 14.1. The molecule has 0 fully saturated rings. The normalized spacial score (nSPS) is 13.9. The summed E-state index contributed by atoms with van der Waals surface area (Å²) >= 11 is 0. The molecule has 43 heavy (non-hydrogen) atoms. The van der Waals surface area contributed by atoms with Gasteiger partial charge in [0.15, 0.2) is 11.5 Å². The number of methoxy groups -OCH3 is 1. The van der Waals surface area contributed by atoms with Gasteiger partial charge < -0.3 is 24.4 Å². The first-order valence-electron chi connectivity index (χ1n) is 13.9. The highest BCUT2D eigenvalue weighted by atomic mass is 32.2. The summed E-state index contributed by atoms with van der Waals surface area (Å²) in [5, 5.41) is 2.89. The number of anilines is 1. The lowest BCUT2D eigenvalue weighted by atomic mass is 10.1. The van der Waals surface area contributed by atoms with Gasteiger partial charge in [0.25, 0.3) is 10.0 Å². The Labute approximate surface area is 251 Å². The van der Waals surface area contributed by atoms with Crippen molar-refractivity contribution in [2.45, 2.75) is 50.7 Å². The van der Waals surface area contributed by atoms with Crippen LogP contribution >= 0.6 is 0 Å². The summed E-state index contributed by atoms with van der Waals surface area (Å²) in [6.07, 6.45) is 0.691. The number of hydrogen-bond donors (Lipinski definition) is 1. The first-order chi connectivity index (χ1) is 20.5. The largest absolute Gasteiger partial charge is 0.497 e. The van der Waals surface area contributed by atoms with Gasteiger partial charge >= 0.3 is 0 Å². The van der Waals surface area contributed by atoms with E-state index in [4.69, 9.17) is 14.2 Å². The number of fused-ring (bicyclic) bond motifs is 1. The molecule has 10 nitrogen and oxygen atoms in total. The summed E-state index contributed by atoms with van der Waals surface area (Å²) in [5.74, 6) is -0.289. The Hall–Kier alpha value is -4.32. The zero-order valence-corrected chi connectivity index (χ0v) is 25.4. The number of benzene rings is 3. The molecule has 2 atom stereocenters. The van der Waals surface area contributed by atoms with E-state index in [1.165, 1.54) is 35.2 Å². The van der Waals surface area contributed by atoms with Crippen LogP contribution in [0.4, 0.5) is 10.1 Å². The fraction of sp³-hybridized carbons (Fsp3) is 0.355. The number of sulfonamides is 1. The Bertz CT molecular complexity index is 1530. The van der Waals surface area contributed by atoms with Crippen LogP contribution in [0.15, 0.2) is 71.6 Å². The molecule has 0 unspecified atom stereocenters. The molecule has 1 N–H and O–H groups in total. The number of halogens is 1. The number of rotatable bonds is 12. The lowest BCUT2D eigenvalue weighted by Gasteiger charge is -2.32. The second-order valence-electron chi connectivity index (χ2n) is 10.2. The van der Waals surface area contributed by atoms with E-state index in [2.05, 4.69) is 5.32 Å². The van der Waals surface area contributed by atoms with Crippen LogP contribution in [0.3, 0.4) is 0 Å². The van der Waals surface area contributed by atoms with Gasteiger partial charge in [-0.25, -0.2) is 12.8 Å².